The van der Waals surface area contributed by atoms with Gasteiger partial charge in [0.2, 0.25) is 17.8 Å². The zero-order valence-corrected chi connectivity index (χ0v) is 13.5. The molecule has 114 valence electrons. The van der Waals surface area contributed by atoms with E-state index >= 15 is 0 Å². The summed E-state index contributed by atoms with van der Waals surface area (Å²) in [6, 6.07) is 3.56. The maximum Gasteiger partial charge on any atom is 0.247 e. The topological polar surface area (TPSA) is 112 Å². The summed E-state index contributed by atoms with van der Waals surface area (Å²) >= 11 is 4.57. The Morgan fingerprint density at radius 1 is 1.45 bits per heavy atom. The van der Waals surface area contributed by atoms with Crippen LogP contribution in [0.3, 0.4) is 0 Å². The molecule has 0 saturated carbocycles. The van der Waals surface area contributed by atoms with E-state index in [1.54, 1.807) is 12.1 Å². The van der Waals surface area contributed by atoms with Gasteiger partial charge in [0.25, 0.3) is 0 Å². The van der Waals surface area contributed by atoms with E-state index in [-0.39, 0.29) is 19.1 Å². The monoisotopic (exact) mass is 383 g/mol. The first-order valence-electron chi connectivity index (χ1n) is 6.11. The first kappa shape index (κ1) is 14.7. The van der Waals surface area contributed by atoms with Crippen LogP contribution >= 0.6 is 27.3 Å². The van der Waals surface area contributed by atoms with Crippen LogP contribution in [0.4, 0.5) is 5.13 Å². The number of hydrogen-bond donors (Lipinski definition) is 2. The Morgan fingerprint density at radius 3 is 2.95 bits per heavy atom. The molecule has 1 aromatic carbocycles. The summed E-state index contributed by atoms with van der Waals surface area (Å²) in [7, 11) is 0. The number of amides is 1. The fourth-order valence-corrected chi connectivity index (χ4v) is 2.75. The minimum Gasteiger partial charge on any atom is -0.454 e. The molecule has 2 heterocycles. The minimum absolute atomic E-state index is 0.0779. The first-order chi connectivity index (χ1) is 10.6. The van der Waals surface area contributed by atoms with Crippen LogP contribution in [0, 0.1) is 0 Å². The summed E-state index contributed by atoms with van der Waals surface area (Å²) < 4.78 is 11.3. The highest BCUT2D eigenvalue weighted by atomic mass is 79.9. The quantitative estimate of drug-likeness (QED) is 0.607. The number of ether oxygens (including phenoxy) is 2. The molecule has 0 aliphatic carbocycles. The number of carbonyl (C=O) groups excluding carboxylic acids is 1. The number of nitrogens with two attached hydrogens (primary N) is 1. The first-order valence-corrected chi connectivity index (χ1v) is 7.71. The van der Waals surface area contributed by atoms with Crippen LogP contribution in [0.1, 0.15) is 10.6 Å². The molecule has 0 unspecified atom stereocenters. The van der Waals surface area contributed by atoms with Gasteiger partial charge in [-0.15, -0.1) is 10.2 Å². The number of fused-ring (bicyclic) bond motifs is 1. The molecule has 0 saturated heterocycles. The normalized spacial score (nSPS) is 12.8. The summed E-state index contributed by atoms with van der Waals surface area (Å²) in [4.78, 5) is 11.7. The lowest BCUT2D eigenvalue weighted by Crippen LogP contribution is -2.19. The van der Waals surface area contributed by atoms with Crippen molar-refractivity contribution in [2.24, 2.45) is 5.10 Å². The number of nitrogens with one attached hydrogen (secondary N) is 1. The second kappa shape index (κ2) is 6.28. The second-order valence-electron chi connectivity index (χ2n) is 4.23. The summed E-state index contributed by atoms with van der Waals surface area (Å²) in [5.74, 6) is 1.01. The van der Waals surface area contributed by atoms with E-state index < -0.39 is 0 Å². The zero-order valence-electron chi connectivity index (χ0n) is 11.1. The van der Waals surface area contributed by atoms with Gasteiger partial charge in [0, 0.05) is 10.0 Å². The van der Waals surface area contributed by atoms with E-state index in [1.165, 1.54) is 17.6 Å². The smallest absolute Gasteiger partial charge is 0.247 e. The van der Waals surface area contributed by atoms with Crippen LogP contribution in [-0.4, -0.2) is 29.1 Å². The summed E-state index contributed by atoms with van der Waals surface area (Å²) in [5.41, 5.74) is 8.62. The number of hydrogen-bond acceptors (Lipinski definition) is 8. The number of rotatable bonds is 4. The maximum atomic E-state index is 11.7. The van der Waals surface area contributed by atoms with Crippen molar-refractivity contribution >= 4 is 44.5 Å². The van der Waals surface area contributed by atoms with E-state index in [0.717, 1.165) is 10.0 Å². The third kappa shape index (κ3) is 3.34. The van der Waals surface area contributed by atoms with Crippen LogP contribution in [0.2, 0.25) is 0 Å². The number of aromatic nitrogens is 2. The number of benzene rings is 1. The molecule has 8 nitrogen and oxygen atoms in total. The standard InChI is InChI=1S/C12H10BrN5O3S/c13-7-2-9-8(20-5-21-9)1-6(7)4-15-16-10(19)3-11-17-18-12(14)22-11/h1-2,4H,3,5H2,(H2,14,18)(H,16,19). The van der Waals surface area contributed by atoms with Crippen molar-refractivity contribution in [2.75, 3.05) is 12.5 Å². The van der Waals surface area contributed by atoms with Crippen molar-refractivity contribution in [1.82, 2.24) is 15.6 Å². The van der Waals surface area contributed by atoms with Gasteiger partial charge in [-0.1, -0.05) is 11.3 Å². The molecular weight excluding hydrogens is 374 g/mol. The lowest BCUT2D eigenvalue weighted by molar-refractivity contribution is -0.120. The fraction of sp³-hybridized carbons (Fsp3) is 0.167. The van der Waals surface area contributed by atoms with E-state index in [4.69, 9.17) is 15.2 Å². The predicted molar refractivity (Wildman–Crippen MR) is 84.0 cm³/mol. The Labute approximate surface area is 137 Å². The molecule has 0 bridgehead atoms. The highest BCUT2D eigenvalue weighted by Crippen LogP contribution is 2.36. The van der Waals surface area contributed by atoms with Gasteiger partial charge >= 0.3 is 0 Å². The molecule has 1 aliphatic rings. The average Bonchev–Trinajstić information content (AvgIpc) is 3.07. The zero-order chi connectivity index (χ0) is 15.5. The second-order valence-corrected chi connectivity index (χ2v) is 6.18. The molecule has 0 atom stereocenters. The number of hydrazone groups is 1. The van der Waals surface area contributed by atoms with Gasteiger partial charge in [-0.2, -0.15) is 5.10 Å². The molecule has 3 rings (SSSR count). The van der Waals surface area contributed by atoms with E-state index in [0.29, 0.717) is 21.6 Å². The molecule has 0 radical (unpaired) electrons. The number of halogens is 1. The van der Waals surface area contributed by atoms with Crippen molar-refractivity contribution < 1.29 is 14.3 Å². The highest BCUT2D eigenvalue weighted by Gasteiger charge is 2.15. The van der Waals surface area contributed by atoms with Gasteiger partial charge in [0.15, 0.2) is 11.5 Å². The third-order valence-corrected chi connectivity index (χ3v) is 4.12. The lowest BCUT2D eigenvalue weighted by atomic mass is 10.2. The van der Waals surface area contributed by atoms with Crippen LogP contribution in [0.25, 0.3) is 0 Å². The fourth-order valence-electron chi connectivity index (χ4n) is 1.72. The van der Waals surface area contributed by atoms with E-state index in [9.17, 15) is 4.79 Å². The molecule has 1 aliphatic heterocycles. The van der Waals surface area contributed by atoms with Gasteiger partial charge in [-0.05, 0) is 28.1 Å². The average molecular weight is 384 g/mol. The summed E-state index contributed by atoms with van der Waals surface area (Å²) in [6.45, 7) is 0.198. The van der Waals surface area contributed by atoms with Crippen molar-refractivity contribution in [3.05, 3.63) is 27.2 Å². The number of nitrogen functional groups attached to an aromatic ring is 1. The Bertz CT molecular complexity index is 748. The van der Waals surface area contributed by atoms with Crippen molar-refractivity contribution in [1.29, 1.82) is 0 Å². The van der Waals surface area contributed by atoms with Gasteiger partial charge in [-0.3, -0.25) is 4.79 Å². The molecule has 1 aromatic heterocycles. The van der Waals surface area contributed by atoms with Gasteiger partial charge in [0.1, 0.15) is 5.01 Å². The van der Waals surface area contributed by atoms with Gasteiger partial charge < -0.3 is 15.2 Å². The van der Waals surface area contributed by atoms with Crippen LogP contribution in [-0.2, 0) is 11.2 Å². The Balaban J connectivity index is 1.61. The Hall–Kier alpha value is -2.20. The van der Waals surface area contributed by atoms with Crippen LogP contribution < -0.4 is 20.6 Å². The van der Waals surface area contributed by atoms with E-state index in [2.05, 4.69) is 36.7 Å². The van der Waals surface area contributed by atoms with E-state index in [1.807, 2.05) is 0 Å². The molecule has 3 N–H and O–H groups in total. The highest BCUT2D eigenvalue weighted by molar-refractivity contribution is 9.10. The van der Waals surface area contributed by atoms with Crippen molar-refractivity contribution in [3.63, 3.8) is 0 Å². The molecule has 0 fully saturated rings. The van der Waals surface area contributed by atoms with Crippen LogP contribution in [0.15, 0.2) is 21.7 Å². The lowest BCUT2D eigenvalue weighted by Gasteiger charge is -2.01. The molecule has 0 spiro atoms. The number of anilines is 1. The molecule has 2 aromatic rings. The van der Waals surface area contributed by atoms with Crippen molar-refractivity contribution in [2.45, 2.75) is 6.42 Å². The molecule has 22 heavy (non-hydrogen) atoms. The minimum atomic E-state index is -0.302. The number of nitrogens with zero attached hydrogens (tertiary/aromatic N) is 3. The van der Waals surface area contributed by atoms with Gasteiger partial charge in [-0.25, -0.2) is 5.43 Å². The SMILES string of the molecule is Nc1nnc(CC(=O)NN=Cc2cc3c(cc2Br)OCO3)s1. The summed E-state index contributed by atoms with van der Waals surface area (Å²) in [6.07, 6.45) is 1.59. The molecule has 1 amide bonds. The Kier molecular flexibility index (Phi) is 4.20. The maximum absolute atomic E-state index is 11.7. The molecule has 10 heteroatoms. The number of carbonyl (C=O) groups is 1. The predicted octanol–water partition coefficient (Wildman–Crippen LogP) is 1.30. The molecular formula is C12H10BrN5O3S. The Morgan fingerprint density at radius 2 is 2.23 bits per heavy atom. The van der Waals surface area contributed by atoms with Crippen LogP contribution in [0.5, 0.6) is 11.5 Å². The largest absolute Gasteiger partial charge is 0.454 e. The summed E-state index contributed by atoms with van der Waals surface area (Å²) in [5, 5.41) is 12.2. The van der Waals surface area contributed by atoms with Gasteiger partial charge in [0.05, 0.1) is 12.6 Å². The van der Waals surface area contributed by atoms with Crippen molar-refractivity contribution in [3.8, 4) is 11.5 Å². The third-order valence-electron chi connectivity index (χ3n) is 2.68.